The number of fused-ring (bicyclic) bond motifs is 1. The van der Waals surface area contributed by atoms with Gasteiger partial charge in [-0.3, -0.25) is 0 Å². The molecule has 0 fully saturated rings. The highest BCUT2D eigenvalue weighted by atomic mass is 16.6. The number of hydrogen-bond donors (Lipinski definition) is 7. The van der Waals surface area contributed by atoms with Gasteiger partial charge in [0.1, 0.15) is 34.9 Å². The zero-order chi connectivity index (χ0) is 23.2. The van der Waals surface area contributed by atoms with E-state index >= 15 is 0 Å². The summed E-state index contributed by atoms with van der Waals surface area (Å²) in [5, 5.41) is 68.5. The van der Waals surface area contributed by atoms with Crippen molar-refractivity contribution in [1.29, 1.82) is 0 Å². The normalized spacial score (nSPS) is 17.2. The Morgan fingerprint density at radius 2 is 1.38 bits per heavy atom. The predicted octanol–water partition coefficient (Wildman–Crippen LogP) is 2.53. The number of ether oxygens (including phenoxy) is 2. The number of phenolic OH excluding ortho intramolecular Hbond substituents is 7. The molecule has 0 saturated carbocycles. The summed E-state index contributed by atoms with van der Waals surface area (Å²) in [6, 6.07) is 7.84. The van der Waals surface area contributed by atoms with E-state index in [1.807, 2.05) is 0 Å². The molecular formula is C22H18O10. The molecule has 7 N–H and O–H groups in total. The van der Waals surface area contributed by atoms with Crippen molar-refractivity contribution in [1.82, 2.24) is 0 Å². The Morgan fingerprint density at radius 1 is 0.781 bits per heavy atom. The lowest BCUT2D eigenvalue weighted by atomic mass is 9.93. The maximum atomic E-state index is 12.7. The van der Waals surface area contributed by atoms with Crippen LogP contribution in [0.5, 0.6) is 46.0 Å². The van der Waals surface area contributed by atoms with E-state index in [1.165, 1.54) is 18.2 Å². The van der Waals surface area contributed by atoms with Crippen LogP contribution >= 0.6 is 0 Å². The minimum Gasteiger partial charge on any atom is -0.508 e. The Morgan fingerprint density at radius 3 is 2.00 bits per heavy atom. The van der Waals surface area contributed by atoms with Gasteiger partial charge < -0.3 is 45.2 Å². The highest BCUT2D eigenvalue weighted by molar-refractivity contribution is 5.91. The van der Waals surface area contributed by atoms with Gasteiger partial charge in [0.15, 0.2) is 23.4 Å². The Balaban J connectivity index is 1.73. The Kier molecular flexibility index (Phi) is 4.97. The summed E-state index contributed by atoms with van der Waals surface area (Å²) in [6.45, 7) is 0. The molecule has 1 heterocycles. The number of phenols is 7. The van der Waals surface area contributed by atoms with Gasteiger partial charge in [-0.05, 0) is 24.3 Å². The molecule has 0 radical (unpaired) electrons. The van der Waals surface area contributed by atoms with Crippen LogP contribution in [0, 0.1) is 0 Å². The van der Waals surface area contributed by atoms with Crippen molar-refractivity contribution in [2.75, 3.05) is 0 Å². The number of carbonyl (C=O) groups excluding carboxylic acids is 1. The highest BCUT2D eigenvalue weighted by Gasteiger charge is 2.37. The molecular weight excluding hydrogens is 424 g/mol. The zero-order valence-corrected chi connectivity index (χ0v) is 16.3. The molecule has 0 amide bonds. The fourth-order valence-electron chi connectivity index (χ4n) is 3.54. The van der Waals surface area contributed by atoms with Crippen LogP contribution in [-0.2, 0) is 11.2 Å². The number of aromatic hydroxyl groups is 7. The maximum absolute atomic E-state index is 12.7. The first-order valence-corrected chi connectivity index (χ1v) is 9.32. The first kappa shape index (κ1) is 20.8. The molecule has 0 bridgehead atoms. The fourth-order valence-corrected chi connectivity index (χ4v) is 3.54. The first-order chi connectivity index (χ1) is 15.1. The quantitative estimate of drug-likeness (QED) is 0.235. The number of hydrogen-bond acceptors (Lipinski definition) is 10. The molecule has 1 aliphatic heterocycles. The second-order valence-electron chi connectivity index (χ2n) is 7.27. The molecule has 10 nitrogen and oxygen atoms in total. The standard InChI is InChI=1S/C22H18O10/c23-11-1-9(2-12(24)5-11)21-19(8-14-15(26)6-13(25)7-18(14)31-21)32-22(30)10-3-16(27)20(29)17(28)4-10/h1-7,19,21,23-29H,8H2/t19-,21-/m1/s1. The van der Waals surface area contributed by atoms with E-state index in [0.29, 0.717) is 0 Å². The van der Waals surface area contributed by atoms with Crippen molar-refractivity contribution >= 4 is 5.97 Å². The van der Waals surface area contributed by atoms with Gasteiger partial charge in [-0.25, -0.2) is 4.79 Å². The van der Waals surface area contributed by atoms with E-state index in [9.17, 15) is 40.5 Å². The molecule has 10 heteroatoms. The van der Waals surface area contributed by atoms with Crippen LogP contribution in [0.3, 0.4) is 0 Å². The van der Waals surface area contributed by atoms with E-state index in [4.69, 9.17) is 9.47 Å². The van der Waals surface area contributed by atoms with Gasteiger partial charge in [0, 0.05) is 35.7 Å². The molecule has 0 aliphatic carbocycles. The third-order valence-corrected chi connectivity index (χ3v) is 4.98. The van der Waals surface area contributed by atoms with E-state index in [0.717, 1.165) is 24.3 Å². The van der Waals surface area contributed by atoms with Crippen LogP contribution in [0.2, 0.25) is 0 Å². The number of carbonyl (C=O) groups is 1. The van der Waals surface area contributed by atoms with E-state index < -0.39 is 35.4 Å². The van der Waals surface area contributed by atoms with Crippen molar-refractivity contribution < 1.29 is 50.0 Å². The zero-order valence-electron chi connectivity index (χ0n) is 16.3. The number of esters is 1. The van der Waals surface area contributed by atoms with Crippen molar-refractivity contribution in [3.63, 3.8) is 0 Å². The van der Waals surface area contributed by atoms with Crippen molar-refractivity contribution in [2.45, 2.75) is 18.6 Å². The SMILES string of the molecule is O=C(O[C@@H]1Cc2c(O)cc(O)cc2O[C@@H]1c1cc(O)cc(O)c1)c1cc(O)c(O)c(O)c1. The summed E-state index contributed by atoms with van der Waals surface area (Å²) in [6.07, 6.45) is -2.22. The Bertz CT molecular complexity index is 1180. The van der Waals surface area contributed by atoms with E-state index in [1.54, 1.807) is 0 Å². The van der Waals surface area contributed by atoms with Gasteiger partial charge in [-0.2, -0.15) is 0 Å². The van der Waals surface area contributed by atoms with Crippen LogP contribution in [-0.4, -0.2) is 47.8 Å². The molecule has 3 aromatic carbocycles. The van der Waals surface area contributed by atoms with Gasteiger partial charge in [0.25, 0.3) is 0 Å². The van der Waals surface area contributed by atoms with Crippen LogP contribution in [0.15, 0.2) is 42.5 Å². The lowest BCUT2D eigenvalue weighted by Crippen LogP contribution is -2.34. The van der Waals surface area contributed by atoms with Crippen molar-refractivity contribution in [2.24, 2.45) is 0 Å². The lowest BCUT2D eigenvalue weighted by molar-refractivity contribution is -0.0189. The third kappa shape index (κ3) is 3.81. The minimum absolute atomic E-state index is 0.0652. The highest BCUT2D eigenvalue weighted by Crippen LogP contribution is 2.44. The largest absolute Gasteiger partial charge is 0.508 e. The first-order valence-electron chi connectivity index (χ1n) is 9.32. The lowest BCUT2D eigenvalue weighted by Gasteiger charge is -2.34. The van der Waals surface area contributed by atoms with Gasteiger partial charge >= 0.3 is 5.97 Å². The molecule has 0 spiro atoms. The summed E-state index contributed by atoms with van der Waals surface area (Å²) >= 11 is 0. The summed E-state index contributed by atoms with van der Waals surface area (Å²) < 4.78 is 11.4. The van der Waals surface area contributed by atoms with Crippen LogP contribution in [0.4, 0.5) is 0 Å². The monoisotopic (exact) mass is 442 g/mol. The van der Waals surface area contributed by atoms with E-state index in [-0.39, 0.29) is 51.9 Å². The van der Waals surface area contributed by atoms with Gasteiger partial charge in [-0.15, -0.1) is 0 Å². The molecule has 0 unspecified atom stereocenters. The molecule has 4 rings (SSSR count). The fraction of sp³-hybridized carbons (Fsp3) is 0.136. The third-order valence-electron chi connectivity index (χ3n) is 4.98. The average molecular weight is 442 g/mol. The Hall–Kier alpha value is -4.47. The maximum Gasteiger partial charge on any atom is 0.338 e. The van der Waals surface area contributed by atoms with Gasteiger partial charge in [0.05, 0.1) is 5.56 Å². The van der Waals surface area contributed by atoms with Crippen LogP contribution in [0.1, 0.15) is 27.6 Å². The van der Waals surface area contributed by atoms with Gasteiger partial charge in [-0.1, -0.05) is 0 Å². The van der Waals surface area contributed by atoms with E-state index in [2.05, 4.69) is 0 Å². The number of benzene rings is 3. The molecule has 166 valence electrons. The molecule has 1 aliphatic rings. The molecule has 32 heavy (non-hydrogen) atoms. The second kappa shape index (κ2) is 7.65. The second-order valence-corrected chi connectivity index (χ2v) is 7.27. The minimum atomic E-state index is -1.09. The van der Waals surface area contributed by atoms with Gasteiger partial charge in [0.2, 0.25) is 0 Å². The topological polar surface area (TPSA) is 177 Å². The smallest absolute Gasteiger partial charge is 0.338 e. The molecule has 0 aromatic heterocycles. The summed E-state index contributed by atoms with van der Waals surface area (Å²) in [5.74, 6) is -4.23. The Labute approximate surface area is 180 Å². The molecule has 2 atom stereocenters. The van der Waals surface area contributed by atoms with Crippen molar-refractivity contribution in [3.05, 3.63) is 59.2 Å². The van der Waals surface area contributed by atoms with Crippen molar-refractivity contribution in [3.8, 4) is 46.0 Å². The summed E-state index contributed by atoms with van der Waals surface area (Å²) in [7, 11) is 0. The van der Waals surface area contributed by atoms with Crippen LogP contribution in [0.25, 0.3) is 0 Å². The molecule has 3 aromatic rings. The predicted molar refractivity (Wildman–Crippen MR) is 107 cm³/mol. The van der Waals surface area contributed by atoms with Crippen LogP contribution < -0.4 is 4.74 Å². The summed E-state index contributed by atoms with van der Waals surface area (Å²) in [4.78, 5) is 12.7. The molecule has 0 saturated heterocycles. The number of rotatable bonds is 3. The average Bonchev–Trinajstić information content (AvgIpc) is 2.70. The summed E-state index contributed by atoms with van der Waals surface area (Å²) in [5.41, 5.74) is 0.221.